The molecule has 1 amide bonds. The molecule has 0 aliphatic rings. The molecule has 19 heavy (non-hydrogen) atoms. The van der Waals surface area contributed by atoms with Gasteiger partial charge in [-0.05, 0) is 29.7 Å². The molecule has 0 bridgehead atoms. The summed E-state index contributed by atoms with van der Waals surface area (Å²) in [7, 11) is 0. The lowest BCUT2D eigenvalue weighted by atomic mass is 10.1. The summed E-state index contributed by atoms with van der Waals surface area (Å²) in [5, 5.41) is 9.46. The van der Waals surface area contributed by atoms with E-state index in [1.54, 1.807) is 6.20 Å². The standard InChI is InChI=1S/C14H17N3O2/c1-10(2)9-19-14(18)16-12-5-3-11(4-6-12)13-7-8-15-17-13/h3-8,10H,9H2,1-2H3,(H,15,17)(H,16,18). The van der Waals surface area contributed by atoms with Gasteiger partial charge in [0.2, 0.25) is 0 Å². The lowest BCUT2D eigenvalue weighted by molar-refractivity contribution is 0.147. The summed E-state index contributed by atoms with van der Waals surface area (Å²) < 4.78 is 5.04. The van der Waals surface area contributed by atoms with Crippen LogP contribution in [-0.2, 0) is 4.74 Å². The minimum absolute atomic E-state index is 0.327. The molecule has 0 aliphatic heterocycles. The van der Waals surface area contributed by atoms with E-state index in [4.69, 9.17) is 4.74 Å². The van der Waals surface area contributed by atoms with Crippen LogP contribution in [0.3, 0.4) is 0 Å². The Labute approximate surface area is 112 Å². The van der Waals surface area contributed by atoms with Crippen molar-refractivity contribution >= 4 is 11.8 Å². The number of H-pyrrole nitrogens is 1. The first kappa shape index (κ1) is 13.1. The van der Waals surface area contributed by atoms with Crippen LogP contribution in [0.2, 0.25) is 0 Å². The summed E-state index contributed by atoms with van der Waals surface area (Å²) in [6.07, 6.45) is 1.27. The van der Waals surface area contributed by atoms with E-state index >= 15 is 0 Å². The molecule has 0 aliphatic carbocycles. The van der Waals surface area contributed by atoms with E-state index < -0.39 is 6.09 Å². The summed E-state index contributed by atoms with van der Waals surface area (Å²) in [6.45, 7) is 4.40. The second-order valence-corrected chi connectivity index (χ2v) is 4.66. The van der Waals surface area contributed by atoms with E-state index in [1.807, 2.05) is 44.2 Å². The highest BCUT2D eigenvalue weighted by Gasteiger charge is 2.05. The Morgan fingerprint density at radius 2 is 2.05 bits per heavy atom. The second kappa shape index (κ2) is 6.04. The van der Waals surface area contributed by atoms with Crippen molar-refractivity contribution in [3.8, 4) is 11.3 Å². The van der Waals surface area contributed by atoms with Crippen LogP contribution in [-0.4, -0.2) is 22.9 Å². The molecule has 5 nitrogen and oxygen atoms in total. The molecular weight excluding hydrogens is 242 g/mol. The third-order valence-electron chi connectivity index (χ3n) is 2.49. The van der Waals surface area contributed by atoms with Gasteiger partial charge in [0.15, 0.2) is 0 Å². The van der Waals surface area contributed by atoms with Crippen molar-refractivity contribution in [2.75, 3.05) is 11.9 Å². The van der Waals surface area contributed by atoms with Gasteiger partial charge in [0.05, 0.1) is 12.3 Å². The van der Waals surface area contributed by atoms with Gasteiger partial charge in [0.1, 0.15) is 0 Å². The first-order valence-electron chi connectivity index (χ1n) is 6.19. The van der Waals surface area contributed by atoms with Gasteiger partial charge in [-0.15, -0.1) is 0 Å². The molecule has 5 heteroatoms. The summed E-state index contributed by atoms with van der Waals surface area (Å²) >= 11 is 0. The fourth-order valence-electron chi connectivity index (χ4n) is 1.55. The van der Waals surface area contributed by atoms with Crippen molar-refractivity contribution < 1.29 is 9.53 Å². The van der Waals surface area contributed by atoms with Crippen molar-refractivity contribution in [3.05, 3.63) is 36.5 Å². The third kappa shape index (κ3) is 3.84. The van der Waals surface area contributed by atoms with E-state index in [-0.39, 0.29) is 0 Å². The highest BCUT2D eigenvalue weighted by molar-refractivity contribution is 5.85. The number of benzene rings is 1. The Hall–Kier alpha value is -2.30. The van der Waals surface area contributed by atoms with Crippen molar-refractivity contribution in [1.29, 1.82) is 0 Å². The number of carbonyl (C=O) groups excluding carboxylic acids is 1. The van der Waals surface area contributed by atoms with Crippen LogP contribution >= 0.6 is 0 Å². The van der Waals surface area contributed by atoms with Crippen LogP contribution in [0.5, 0.6) is 0 Å². The van der Waals surface area contributed by atoms with Gasteiger partial charge in [0.25, 0.3) is 0 Å². The number of nitrogens with one attached hydrogen (secondary N) is 2. The zero-order valence-corrected chi connectivity index (χ0v) is 11.0. The molecule has 0 spiro atoms. The number of aromatic nitrogens is 2. The fraction of sp³-hybridized carbons (Fsp3) is 0.286. The largest absolute Gasteiger partial charge is 0.449 e. The third-order valence-corrected chi connectivity index (χ3v) is 2.49. The maximum atomic E-state index is 11.5. The molecular formula is C14H17N3O2. The number of hydrogen-bond donors (Lipinski definition) is 2. The van der Waals surface area contributed by atoms with Crippen molar-refractivity contribution in [2.24, 2.45) is 5.92 Å². The van der Waals surface area contributed by atoms with Gasteiger partial charge in [-0.2, -0.15) is 5.10 Å². The average Bonchev–Trinajstić information content (AvgIpc) is 2.91. The molecule has 2 aromatic rings. The number of aromatic amines is 1. The number of nitrogens with zero attached hydrogens (tertiary/aromatic N) is 1. The Balaban J connectivity index is 1.94. The zero-order valence-electron chi connectivity index (χ0n) is 11.0. The molecule has 2 rings (SSSR count). The van der Waals surface area contributed by atoms with Crippen molar-refractivity contribution in [3.63, 3.8) is 0 Å². The normalized spacial score (nSPS) is 10.5. The summed E-state index contributed by atoms with van der Waals surface area (Å²) in [4.78, 5) is 11.5. The van der Waals surface area contributed by atoms with Crippen LogP contribution in [0, 0.1) is 5.92 Å². The lowest BCUT2D eigenvalue weighted by Gasteiger charge is -2.09. The molecule has 0 radical (unpaired) electrons. The van der Waals surface area contributed by atoms with Crippen molar-refractivity contribution in [2.45, 2.75) is 13.8 Å². The van der Waals surface area contributed by atoms with E-state index in [1.165, 1.54) is 0 Å². The maximum Gasteiger partial charge on any atom is 0.411 e. The smallest absolute Gasteiger partial charge is 0.411 e. The summed E-state index contributed by atoms with van der Waals surface area (Å²) in [5.74, 6) is 0.327. The monoisotopic (exact) mass is 259 g/mol. The number of anilines is 1. The highest BCUT2D eigenvalue weighted by atomic mass is 16.5. The van der Waals surface area contributed by atoms with Gasteiger partial charge < -0.3 is 4.74 Å². The molecule has 0 atom stereocenters. The van der Waals surface area contributed by atoms with Crippen molar-refractivity contribution in [1.82, 2.24) is 10.2 Å². The van der Waals surface area contributed by atoms with Crippen LogP contribution in [0.15, 0.2) is 36.5 Å². The molecule has 0 saturated heterocycles. The van der Waals surface area contributed by atoms with E-state index in [0.717, 1.165) is 11.3 Å². The minimum Gasteiger partial charge on any atom is -0.449 e. The van der Waals surface area contributed by atoms with Crippen LogP contribution in [0.25, 0.3) is 11.3 Å². The first-order valence-corrected chi connectivity index (χ1v) is 6.19. The van der Waals surface area contributed by atoms with E-state index in [9.17, 15) is 4.79 Å². The van der Waals surface area contributed by atoms with Gasteiger partial charge >= 0.3 is 6.09 Å². The SMILES string of the molecule is CC(C)COC(=O)Nc1ccc(-c2ccn[nH]2)cc1. The summed E-state index contributed by atoms with van der Waals surface area (Å²) in [6, 6.07) is 9.36. The van der Waals surface area contributed by atoms with E-state index in [0.29, 0.717) is 18.2 Å². The van der Waals surface area contributed by atoms with Crippen LogP contribution < -0.4 is 5.32 Å². The predicted molar refractivity (Wildman–Crippen MR) is 73.8 cm³/mol. The lowest BCUT2D eigenvalue weighted by Crippen LogP contribution is -2.16. The Morgan fingerprint density at radius 3 is 2.63 bits per heavy atom. The predicted octanol–water partition coefficient (Wildman–Crippen LogP) is 3.28. The van der Waals surface area contributed by atoms with Gasteiger partial charge in [0, 0.05) is 11.9 Å². The number of amides is 1. The summed E-state index contributed by atoms with van der Waals surface area (Å²) in [5.41, 5.74) is 2.66. The fourth-order valence-corrected chi connectivity index (χ4v) is 1.55. The molecule has 0 saturated carbocycles. The number of hydrogen-bond acceptors (Lipinski definition) is 3. The molecule has 100 valence electrons. The van der Waals surface area contributed by atoms with Crippen LogP contribution in [0.1, 0.15) is 13.8 Å². The number of rotatable bonds is 4. The number of ether oxygens (including phenoxy) is 1. The Kier molecular flexibility index (Phi) is 4.18. The molecule has 1 heterocycles. The topological polar surface area (TPSA) is 67.0 Å². The zero-order chi connectivity index (χ0) is 13.7. The molecule has 1 aromatic heterocycles. The Morgan fingerprint density at radius 1 is 1.32 bits per heavy atom. The van der Waals surface area contributed by atoms with Crippen LogP contribution in [0.4, 0.5) is 10.5 Å². The highest BCUT2D eigenvalue weighted by Crippen LogP contribution is 2.18. The van der Waals surface area contributed by atoms with Gasteiger partial charge in [-0.1, -0.05) is 26.0 Å². The number of carbonyl (C=O) groups is 1. The van der Waals surface area contributed by atoms with E-state index in [2.05, 4.69) is 15.5 Å². The molecule has 0 unspecified atom stereocenters. The maximum absolute atomic E-state index is 11.5. The second-order valence-electron chi connectivity index (χ2n) is 4.66. The quantitative estimate of drug-likeness (QED) is 0.885. The van der Waals surface area contributed by atoms with Gasteiger partial charge in [-0.3, -0.25) is 10.4 Å². The van der Waals surface area contributed by atoms with Gasteiger partial charge in [-0.25, -0.2) is 4.79 Å². The first-order chi connectivity index (χ1) is 9.15. The molecule has 0 fully saturated rings. The minimum atomic E-state index is -0.428. The molecule has 1 aromatic carbocycles. The average molecular weight is 259 g/mol. The molecule has 2 N–H and O–H groups in total. The Bertz CT molecular complexity index is 518.